The summed E-state index contributed by atoms with van der Waals surface area (Å²) in [6.07, 6.45) is -0.561. The van der Waals surface area contributed by atoms with Gasteiger partial charge in [0, 0.05) is 41.2 Å². The quantitative estimate of drug-likeness (QED) is 0.324. The number of amides is 1. The number of fused-ring (bicyclic) bond motifs is 1. The number of hydrogen-bond donors (Lipinski definition) is 0. The molecule has 0 fully saturated rings. The molecule has 0 saturated heterocycles. The van der Waals surface area contributed by atoms with E-state index >= 15 is 4.39 Å². The summed E-state index contributed by atoms with van der Waals surface area (Å²) in [5, 5.41) is 13.2. The van der Waals surface area contributed by atoms with Crippen molar-refractivity contribution in [2.75, 3.05) is 6.54 Å². The summed E-state index contributed by atoms with van der Waals surface area (Å²) < 4.78 is 58.2. The Hall–Kier alpha value is -3.45. The number of carbonyl (C=O) groups is 1. The van der Waals surface area contributed by atoms with Crippen LogP contribution in [-0.2, 0) is 24.1 Å². The monoisotopic (exact) mass is 502 g/mol. The number of benzene rings is 1. The molecule has 182 valence electrons. The minimum absolute atomic E-state index is 0.137. The number of halogens is 4. The Morgan fingerprint density at radius 3 is 2.74 bits per heavy atom. The van der Waals surface area contributed by atoms with Gasteiger partial charge in [0.2, 0.25) is 5.91 Å². The van der Waals surface area contributed by atoms with Crippen molar-refractivity contribution in [1.82, 2.24) is 14.7 Å². The van der Waals surface area contributed by atoms with Gasteiger partial charge in [0.05, 0.1) is 6.54 Å². The lowest BCUT2D eigenvalue weighted by Gasteiger charge is -2.34. The van der Waals surface area contributed by atoms with E-state index in [-0.39, 0.29) is 36.7 Å². The predicted octanol–water partition coefficient (Wildman–Crippen LogP) is 6.02. The second-order valence-electron chi connectivity index (χ2n) is 8.23. The lowest BCUT2D eigenvalue weighted by Crippen LogP contribution is -2.37. The molecule has 0 radical (unpaired) electrons. The zero-order valence-corrected chi connectivity index (χ0v) is 20.1. The number of aromatic nitrogens is 2. The minimum Gasteiger partial charge on any atom is -0.333 e. The largest absolute Gasteiger partial charge is 0.435 e. The highest BCUT2D eigenvalue weighted by molar-refractivity contribution is 7.12. The summed E-state index contributed by atoms with van der Waals surface area (Å²) in [4.78, 5) is 15.5. The van der Waals surface area contributed by atoms with Crippen molar-refractivity contribution >= 4 is 17.2 Å². The molecule has 3 heterocycles. The molecule has 2 aromatic heterocycles. The van der Waals surface area contributed by atoms with Gasteiger partial charge in [-0.25, -0.2) is 4.39 Å². The van der Waals surface area contributed by atoms with Gasteiger partial charge in [-0.2, -0.15) is 23.5 Å². The topological polar surface area (TPSA) is 61.9 Å². The summed E-state index contributed by atoms with van der Waals surface area (Å²) in [7, 11) is 0. The van der Waals surface area contributed by atoms with Crippen LogP contribution in [0, 0.1) is 24.1 Å². The number of nitrogens with zero attached hydrogens (tertiary/aromatic N) is 4. The normalized spacial score (nSPS) is 15.9. The second kappa shape index (κ2) is 9.30. The summed E-state index contributed by atoms with van der Waals surface area (Å²) in [6.45, 7) is 5.73. The SMILES string of the molecule is C/C=C\C(=O)N1Cc2sc(C#N)c(C)c2[C@H](c2cccc(F)c2-c2cn(CC)nc2C(F)(F)F)C1. The summed E-state index contributed by atoms with van der Waals surface area (Å²) >= 11 is 1.25. The number of hydrogen-bond acceptors (Lipinski definition) is 4. The number of rotatable bonds is 4. The molecular formula is C25H22F4N4OS. The second-order valence-corrected chi connectivity index (χ2v) is 9.33. The molecule has 5 nitrogen and oxygen atoms in total. The van der Waals surface area contributed by atoms with Crippen molar-refractivity contribution in [2.45, 2.75) is 46.0 Å². The third-order valence-electron chi connectivity index (χ3n) is 6.12. The van der Waals surface area contributed by atoms with E-state index in [1.54, 1.807) is 37.8 Å². The van der Waals surface area contributed by atoms with E-state index in [0.29, 0.717) is 16.0 Å². The van der Waals surface area contributed by atoms with Crippen molar-refractivity contribution in [2.24, 2.45) is 0 Å². The standard InChI is InChI=1S/C25H22F4N4OS/c1-4-7-21(34)32-11-16(22-14(3)19(10-30)35-20(22)13-32)15-8-6-9-18(26)23(15)17-12-33(5-2)31-24(17)25(27,28)29/h4,6-9,12,16H,5,11,13H2,1-3H3/b7-4-/t16-/m0/s1. The lowest BCUT2D eigenvalue weighted by molar-refractivity contribution is -0.141. The van der Waals surface area contributed by atoms with Gasteiger partial charge in [0.25, 0.3) is 0 Å². The fraction of sp³-hybridized carbons (Fsp3) is 0.320. The van der Waals surface area contributed by atoms with E-state index in [9.17, 15) is 23.2 Å². The maximum absolute atomic E-state index is 15.4. The fourth-order valence-electron chi connectivity index (χ4n) is 4.58. The Morgan fingerprint density at radius 2 is 2.11 bits per heavy atom. The van der Waals surface area contributed by atoms with Gasteiger partial charge in [0.15, 0.2) is 5.69 Å². The zero-order chi connectivity index (χ0) is 25.5. The first-order chi connectivity index (χ1) is 16.6. The lowest BCUT2D eigenvalue weighted by atomic mass is 9.81. The Kier molecular flexibility index (Phi) is 6.56. The molecule has 0 N–H and O–H groups in total. The summed E-state index contributed by atoms with van der Waals surface area (Å²) in [6, 6.07) is 6.31. The number of alkyl halides is 3. The van der Waals surface area contributed by atoms with Gasteiger partial charge >= 0.3 is 6.18 Å². The molecule has 1 aliphatic rings. The van der Waals surface area contributed by atoms with Crippen LogP contribution >= 0.6 is 11.3 Å². The average molecular weight is 503 g/mol. The van der Waals surface area contributed by atoms with E-state index in [4.69, 9.17) is 0 Å². The number of nitriles is 1. The molecule has 1 aliphatic heterocycles. The molecule has 1 aromatic carbocycles. The first-order valence-corrected chi connectivity index (χ1v) is 11.8. The predicted molar refractivity (Wildman–Crippen MR) is 124 cm³/mol. The van der Waals surface area contributed by atoms with Crippen LogP contribution in [-0.4, -0.2) is 27.1 Å². The number of carbonyl (C=O) groups excluding carboxylic acids is 1. The molecule has 35 heavy (non-hydrogen) atoms. The molecule has 0 bridgehead atoms. The van der Waals surface area contributed by atoms with E-state index in [2.05, 4.69) is 11.2 Å². The van der Waals surface area contributed by atoms with Crippen molar-refractivity contribution < 1.29 is 22.4 Å². The highest BCUT2D eigenvalue weighted by Crippen LogP contribution is 2.46. The van der Waals surface area contributed by atoms with Gasteiger partial charge in [-0.3, -0.25) is 9.48 Å². The average Bonchev–Trinajstić information content (AvgIpc) is 3.39. The molecule has 0 aliphatic carbocycles. The van der Waals surface area contributed by atoms with Crippen molar-refractivity contribution in [3.05, 3.63) is 74.5 Å². The minimum atomic E-state index is -4.78. The molecule has 0 unspecified atom stereocenters. The molecule has 1 amide bonds. The van der Waals surface area contributed by atoms with E-state index in [0.717, 1.165) is 21.2 Å². The third kappa shape index (κ3) is 4.36. The Balaban J connectivity index is 1.98. The smallest absolute Gasteiger partial charge is 0.333 e. The van der Waals surface area contributed by atoms with Crippen molar-refractivity contribution in [3.63, 3.8) is 0 Å². The van der Waals surface area contributed by atoms with Crippen LogP contribution in [0.15, 0.2) is 36.5 Å². The van der Waals surface area contributed by atoms with Gasteiger partial charge in [-0.05, 0) is 49.6 Å². The molecule has 0 saturated carbocycles. The van der Waals surface area contributed by atoms with E-state index in [1.165, 1.54) is 29.7 Å². The van der Waals surface area contributed by atoms with Gasteiger partial charge in [-0.15, -0.1) is 11.3 Å². The van der Waals surface area contributed by atoms with E-state index < -0.39 is 23.6 Å². The number of aryl methyl sites for hydroxylation is 1. The van der Waals surface area contributed by atoms with Crippen LogP contribution in [0.4, 0.5) is 17.6 Å². The van der Waals surface area contributed by atoms with Gasteiger partial charge < -0.3 is 4.90 Å². The molecule has 3 aromatic rings. The van der Waals surface area contributed by atoms with Crippen LogP contribution in [0.5, 0.6) is 0 Å². The van der Waals surface area contributed by atoms with Gasteiger partial charge in [-0.1, -0.05) is 18.2 Å². The van der Waals surface area contributed by atoms with Crippen LogP contribution < -0.4 is 0 Å². The molecule has 0 spiro atoms. The van der Waals surface area contributed by atoms with Crippen LogP contribution in [0.1, 0.15) is 51.9 Å². The summed E-state index contributed by atoms with van der Waals surface area (Å²) in [5.41, 5.74) is 0.0730. The third-order valence-corrected chi connectivity index (χ3v) is 7.32. The number of allylic oxidation sites excluding steroid dienone is 1. The van der Waals surface area contributed by atoms with E-state index in [1.807, 2.05) is 0 Å². The Morgan fingerprint density at radius 1 is 1.37 bits per heavy atom. The van der Waals surface area contributed by atoms with Crippen LogP contribution in [0.3, 0.4) is 0 Å². The highest BCUT2D eigenvalue weighted by atomic mass is 32.1. The number of thiophene rings is 1. The molecular weight excluding hydrogens is 480 g/mol. The first-order valence-electron chi connectivity index (χ1n) is 11.0. The molecule has 10 heteroatoms. The highest BCUT2D eigenvalue weighted by Gasteiger charge is 2.40. The fourth-order valence-corrected chi connectivity index (χ4v) is 5.76. The first kappa shape index (κ1) is 24.7. The van der Waals surface area contributed by atoms with Crippen molar-refractivity contribution in [1.29, 1.82) is 5.26 Å². The van der Waals surface area contributed by atoms with Crippen molar-refractivity contribution in [3.8, 4) is 17.2 Å². The molecule has 4 rings (SSSR count). The Labute approximate surface area is 203 Å². The maximum atomic E-state index is 15.4. The maximum Gasteiger partial charge on any atom is 0.435 e. The summed E-state index contributed by atoms with van der Waals surface area (Å²) in [5.74, 6) is -1.70. The zero-order valence-electron chi connectivity index (χ0n) is 19.3. The Bertz CT molecular complexity index is 1360. The van der Waals surface area contributed by atoms with Gasteiger partial charge in [0.1, 0.15) is 16.8 Å². The molecule has 1 atom stereocenters. The van der Waals surface area contributed by atoms with Crippen LogP contribution in [0.25, 0.3) is 11.1 Å². The van der Waals surface area contributed by atoms with Crippen LogP contribution in [0.2, 0.25) is 0 Å².